The molecule has 1 atom stereocenters. The molecule has 10 nitrogen and oxygen atoms in total. The fraction of sp³-hybridized carbons (Fsp3) is 0.500. The van der Waals surface area contributed by atoms with Gasteiger partial charge in [0.2, 0.25) is 11.7 Å². The number of carboxylic acid groups (broad SMARTS) is 1. The molecule has 0 aliphatic carbocycles. The molecule has 1 N–H and O–H groups in total. The molecule has 1 aliphatic heterocycles. The van der Waals surface area contributed by atoms with Gasteiger partial charge in [-0.3, -0.25) is 24.7 Å². The van der Waals surface area contributed by atoms with Crippen LogP contribution >= 0.6 is 0 Å². The van der Waals surface area contributed by atoms with Crippen LogP contribution in [-0.4, -0.2) is 68.7 Å². The highest BCUT2D eigenvalue weighted by molar-refractivity contribution is 5.69. The molecule has 28 heavy (non-hydrogen) atoms. The van der Waals surface area contributed by atoms with Crippen molar-refractivity contribution in [2.24, 2.45) is 0 Å². The molecule has 10 heteroatoms. The van der Waals surface area contributed by atoms with Crippen LogP contribution in [0.2, 0.25) is 0 Å². The van der Waals surface area contributed by atoms with E-state index >= 15 is 0 Å². The van der Waals surface area contributed by atoms with Gasteiger partial charge in [0.25, 0.3) is 5.69 Å². The van der Waals surface area contributed by atoms with Gasteiger partial charge in [-0.25, -0.2) is 0 Å². The number of carbonyl (C=O) groups is 1. The van der Waals surface area contributed by atoms with Crippen LogP contribution in [-0.2, 0) is 11.3 Å². The van der Waals surface area contributed by atoms with Gasteiger partial charge in [-0.15, -0.1) is 0 Å². The number of likely N-dealkylation sites (N-methyl/N-ethyl adjacent to an activating group) is 1. The fourth-order valence-electron chi connectivity index (χ4n) is 3.44. The molecule has 2 heterocycles. The third kappa shape index (κ3) is 5.11. The standard InChI is InChI=1S/C18H23N5O5/c1-21(12-17(24)25)14-3-2-9-22(10-8-14)11-16-19-18(20-28-16)13-4-6-15(7-5-13)23(26)27/h4-7,14H,2-3,8-12H2,1H3,(H,24,25). The number of nitro groups is 1. The lowest BCUT2D eigenvalue weighted by atomic mass is 10.1. The van der Waals surface area contributed by atoms with Crippen molar-refractivity contribution in [3.63, 3.8) is 0 Å². The van der Waals surface area contributed by atoms with Crippen LogP contribution in [0.3, 0.4) is 0 Å². The number of nitrogens with zero attached hydrogens (tertiary/aromatic N) is 5. The number of hydrogen-bond acceptors (Lipinski definition) is 8. The number of rotatable bonds is 7. The normalized spacial score (nSPS) is 18.1. The van der Waals surface area contributed by atoms with Crippen LogP contribution in [0.5, 0.6) is 0 Å². The van der Waals surface area contributed by atoms with Crippen molar-refractivity contribution in [3.05, 3.63) is 40.3 Å². The van der Waals surface area contributed by atoms with Crippen molar-refractivity contribution in [2.75, 3.05) is 26.7 Å². The second-order valence-corrected chi connectivity index (χ2v) is 6.99. The Morgan fingerprint density at radius 1 is 1.36 bits per heavy atom. The van der Waals surface area contributed by atoms with E-state index in [1.807, 2.05) is 11.9 Å². The van der Waals surface area contributed by atoms with Gasteiger partial charge in [0.05, 0.1) is 18.0 Å². The summed E-state index contributed by atoms with van der Waals surface area (Å²) in [5.74, 6) is 0.0812. The third-order valence-corrected chi connectivity index (χ3v) is 4.96. The fourth-order valence-corrected chi connectivity index (χ4v) is 3.44. The van der Waals surface area contributed by atoms with Crippen molar-refractivity contribution in [2.45, 2.75) is 31.8 Å². The van der Waals surface area contributed by atoms with E-state index in [1.165, 1.54) is 12.1 Å². The number of aliphatic carboxylic acids is 1. The minimum Gasteiger partial charge on any atom is -0.480 e. The van der Waals surface area contributed by atoms with Crippen LogP contribution in [0.15, 0.2) is 28.8 Å². The summed E-state index contributed by atoms with van der Waals surface area (Å²) in [5, 5.41) is 23.7. The highest BCUT2D eigenvalue weighted by Gasteiger charge is 2.23. The molecule has 3 rings (SSSR count). The number of non-ortho nitro benzene ring substituents is 1. The van der Waals surface area contributed by atoms with Gasteiger partial charge in [0, 0.05) is 30.3 Å². The van der Waals surface area contributed by atoms with Crippen molar-refractivity contribution >= 4 is 11.7 Å². The number of nitro benzene ring substituents is 1. The Balaban J connectivity index is 1.57. The summed E-state index contributed by atoms with van der Waals surface area (Å²) in [5.41, 5.74) is 0.672. The first-order valence-corrected chi connectivity index (χ1v) is 9.14. The van der Waals surface area contributed by atoms with E-state index in [2.05, 4.69) is 15.0 Å². The van der Waals surface area contributed by atoms with Gasteiger partial charge in [-0.05, 0) is 45.0 Å². The molecule has 1 fully saturated rings. The van der Waals surface area contributed by atoms with Crippen molar-refractivity contribution in [1.29, 1.82) is 0 Å². The molecule has 0 saturated carbocycles. The number of hydrogen-bond donors (Lipinski definition) is 1. The Bertz CT molecular complexity index is 822. The van der Waals surface area contributed by atoms with Gasteiger partial charge in [-0.2, -0.15) is 4.98 Å². The van der Waals surface area contributed by atoms with E-state index in [0.717, 1.165) is 32.4 Å². The van der Waals surface area contributed by atoms with Crippen molar-refractivity contribution < 1.29 is 19.3 Å². The Morgan fingerprint density at radius 3 is 2.79 bits per heavy atom. The minimum absolute atomic E-state index is 0.0134. The highest BCUT2D eigenvalue weighted by Crippen LogP contribution is 2.21. The summed E-state index contributed by atoms with van der Waals surface area (Å²) in [4.78, 5) is 29.7. The molecule has 0 radical (unpaired) electrons. The molecule has 0 spiro atoms. The van der Waals surface area contributed by atoms with E-state index in [0.29, 0.717) is 23.8 Å². The number of likely N-dealkylation sites (tertiary alicyclic amines) is 1. The van der Waals surface area contributed by atoms with Crippen LogP contribution in [0.4, 0.5) is 5.69 Å². The minimum atomic E-state index is -0.812. The average molecular weight is 389 g/mol. The first-order chi connectivity index (χ1) is 13.4. The summed E-state index contributed by atoms with van der Waals surface area (Å²) in [6.07, 6.45) is 2.81. The Morgan fingerprint density at radius 2 is 2.11 bits per heavy atom. The monoisotopic (exact) mass is 389 g/mol. The smallest absolute Gasteiger partial charge is 0.317 e. The molecule has 1 aliphatic rings. The second-order valence-electron chi connectivity index (χ2n) is 6.99. The van der Waals surface area contributed by atoms with Crippen LogP contribution in [0, 0.1) is 10.1 Å². The van der Waals surface area contributed by atoms with Crippen LogP contribution < -0.4 is 0 Å². The van der Waals surface area contributed by atoms with Crippen molar-refractivity contribution in [1.82, 2.24) is 19.9 Å². The molecular weight excluding hydrogens is 366 g/mol. The third-order valence-electron chi connectivity index (χ3n) is 4.96. The molecule has 0 bridgehead atoms. The van der Waals surface area contributed by atoms with E-state index in [1.54, 1.807) is 12.1 Å². The first-order valence-electron chi connectivity index (χ1n) is 9.14. The van der Waals surface area contributed by atoms with Gasteiger partial charge in [0.1, 0.15) is 0 Å². The zero-order chi connectivity index (χ0) is 20.1. The predicted molar refractivity (Wildman–Crippen MR) is 99.6 cm³/mol. The Kier molecular flexibility index (Phi) is 6.32. The predicted octanol–water partition coefficient (Wildman–Crippen LogP) is 2.02. The van der Waals surface area contributed by atoms with Gasteiger partial charge >= 0.3 is 5.97 Å². The molecule has 150 valence electrons. The zero-order valence-corrected chi connectivity index (χ0v) is 15.7. The maximum absolute atomic E-state index is 10.9. The second kappa shape index (κ2) is 8.89. The molecule has 1 aromatic heterocycles. The Hall–Kier alpha value is -2.85. The first kappa shape index (κ1) is 19.9. The number of carboxylic acids is 1. The zero-order valence-electron chi connectivity index (χ0n) is 15.7. The van der Waals surface area contributed by atoms with E-state index < -0.39 is 10.9 Å². The number of aromatic nitrogens is 2. The molecule has 2 aromatic rings. The van der Waals surface area contributed by atoms with Gasteiger partial charge < -0.3 is 9.63 Å². The largest absolute Gasteiger partial charge is 0.480 e. The summed E-state index contributed by atoms with van der Waals surface area (Å²) >= 11 is 0. The van der Waals surface area contributed by atoms with Crippen LogP contribution in [0.25, 0.3) is 11.4 Å². The van der Waals surface area contributed by atoms with E-state index in [4.69, 9.17) is 9.63 Å². The van der Waals surface area contributed by atoms with E-state index in [9.17, 15) is 14.9 Å². The summed E-state index contributed by atoms with van der Waals surface area (Å²) < 4.78 is 5.34. The lowest BCUT2D eigenvalue weighted by Crippen LogP contribution is -2.36. The number of benzene rings is 1. The maximum Gasteiger partial charge on any atom is 0.317 e. The van der Waals surface area contributed by atoms with Crippen LogP contribution in [0.1, 0.15) is 25.2 Å². The Labute approximate surface area is 161 Å². The average Bonchev–Trinajstić information content (AvgIpc) is 2.99. The van der Waals surface area contributed by atoms with Gasteiger partial charge in [-0.1, -0.05) is 5.16 Å². The highest BCUT2D eigenvalue weighted by atomic mass is 16.6. The molecule has 0 amide bonds. The molecule has 1 unspecified atom stereocenters. The molecular formula is C18H23N5O5. The lowest BCUT2D eigenvalue weighted by molar-refractivity contribution is -0.384. The SMILES string of the molecule is CN(CC(=O)O)C1CCCN(Cc2nc(-c3ccc([N+](=O)[O-])cc3)no2)CC1. The molecule has 1 aromatic carbocycles. The molecule has 1 saturated heterocycles. The maximum atomic E-state index is 10.9. The van der Waals surface area contributed by atoms with Crippen molar-refractivity contribution in [3.8, 4) is 11.4 Å². The topological polar surface area (TPSA) is 126 Å². The quantitative estimate of drug-likeness (QED) is 0.559. The summed E-state index contributed by atoms with van der Waals surface area (Å²) in [7, 11) is 1.85. The lowest BCUT2D eigenvalue weighted by Gasteiger charge is -2.25. The van der Waals surface area contributed by atoms with Gasteiger partial charge in [0.15, 0.2) is 0 Å². The summed E-state index contributed by atoms with van der Waals surface area (Å²) in [6, 6.07) is 6.27. The van der Waals surface area contributed by atoms with E-state index in [-0.39, 0.29) is 18.3 Å². The summed E-state index contributed by atoms with van der Waals surface area (Å²) in [6.45, 7) is 2.28.